The van der Waals surface area contributed by atoms with E-state index in [1.807, 2.05) is 6.92 Å². The normalized spacial score (nSPS) is 10.6. The van der Waals surface area contributed by atoms with Gasteiger partial charge < -0.3 is 11.1 Å². The van der Waals surface area contributed by atoms with Crippen LogP contribution < -0.4 is 11.1 Å². The molecule has 5 nitrogen and oxygen atoms in total. The van der Waals surface area contributed by atoms with Crippen molar-refractivity contribution < 1.29 is 4.79 Å². The quantitative estimate of drug-likeness (QED) is 0.885. The molecular weight excluding hydrogens is 344 g/mol. The van der Waals surface area contributed by atoms with E-state index in [9.17, 15) is 4.79 Å². The van der Waals surface area contributed by atoms with Crippen molar-refractivity contribution in [1.29, 1.82) is 0 Å². The topological polar surface area (TPSA) is 72.9 Å². The summed E-state index contributed by atoms with van der Waals surface area (Å²) >= 11 is 9.22. The Hall–Kier alpha value is -1.53. The first-order valence-corrected chi connectivity index (χ1v) is 7.18. The number of hydrogen-bond donors (Lipinski definition) is 2. The van der Waals surface area contributed by atoms with Crippen LogP contribution in [-0.4, -0.2) is 15.7 Å². The summed E-state index contributed by atoms with van der Waals surface area (Å²) in [4.78, 5) is 12.3. The van der Waals surface area contributed by atoms with E-state index >= 15 is 0 Å². The Kier molecular flexibility index (Phi) is 4.35. The van der Waals surface area contributed by atoms with Crippen LogP contribution in [0.4, 0.5) is 11.4 Å². The molecule has 0 bridgehead atoms. The van der Waals surface area contributed by atoms with Crippen LogP contribution >= 0.6 is 27.5 Å². The van der Waals surface area contributed by atoms with E-state index in [0.29, 0.717) is 38.7 Å². The monoisotopic (exact) mass is 356 g/mol. The minimum Gasteiger partial charge on any atom is -0.395 e. The number of rotatable bonds is 3. The largest absolute Gasteiger partial charge is 0.395 e. The number of nitrogen functional groups attached to an aromatic ring is 1. The van der Waals surface area contributed by atoms with E-state index < -0.39 is 0 Å². The Morgan fingerprint density at radius 1 is 1.55 bits per heavy atom. The minimum atomic E-state index is -0.305. The highest BCUT2D eigenvalue weighted by molar-refractivity contribution is 9.10. The molecule has 106 valence electrons. The Labute approximate surface area is 130 Å². The summed E-state index contributed by atoms with van der Waals surface area (Å²) < 4.78 is 2.20. The maximum Gasteiger partial charge on any atom is 0.276 e. The van der Waals surface area contributed by atoms with Crippen molar-refractivity contribution in [2.45, 2.75) is 13.3 Å². The van der Waals surface area contributed by atoms with Gasteiger partial charge in [-0.25, -0.2) is 0 Å². The molecule has 7 heteroatoms. The molecule has 3 N–H and O–H groups in total. The molecule has 0 aliphatic carbocycles. The van der Waals surface area contributed by atoms with Crippen molar-refractivity contribution >= 4 is 44.8 Å². The van der Waals surface area contributed by atoms with E-state index in [2.05, 4.69) is 26.3 Å². The van der Waals surface area contributed by atoms with Crippen molar-refractivity contribution in [3.63, 3.8) is 0 Å². The second-order valence-corrected chi connectivity index (χ2v) is 5.56. The number of benzene rings is 1. The van der Waals surface area contributed by atoms with Crippen LogP contribution in [-0.2, 0) is 13.5 Å². The first-order valence-electron chi connectivity index (χ1n) is 6.01. The van der Waals surface area contributed by atoms with Crippen LogP contribution in [0, 0.1) is 0 Å². The molecule has 1 amide bonds. The van der Waals surface area contributed by atoms with E-state index in [0.717, 1.165) is 0 Å². The second kappa shape index (κ2) is 5.85. The number of carbonyl (C=O) groups excluding carboxylic acids is 1. The third kappa shape index (κ3) is 2.81. The number of nitrogens with zero attached hydrogens (tertiary/aromatic N) is 2. The first-order chi connectivity index (χ1) is 9.43. The van der Waals surface area contributed by atoms with Gasteiger partial charge in [-0.05, 0) is 40.5 Å². The van der Waals surface area contributed by atoms with Gasteiger partial charge in [-0.15, -0.1) is 0 Å². The molecule has 0 saturated carbocycles. The van der Waals surface area contributed by atoms with Crippen LogP contribution in [0.3, 0.4) is 0 Å². The highest BCUT2D eigenvalue weighted by atomic mass is 79.9. The third-order valence-electron chi connectivity index (χ3n) is 2.89. The molecule has 1 aromatic carbocycles. The minimum absolute atomic E-state index is 0.305. The number of carbonyl (C=O) groups is 1. The molecule has 0 saturated heterocycles. The fraction of sp³-hybridized carbons (Fsp3) is 0.231. The lowest BCUT2D eigenvalue weighted by molar-refractivity contribution is 0.101. The zero-order chi connectivity index (χ0) is 14.9. The van der Waals surface area contributed by atoms with Crippen molar-refractivity contribution in [3.05, 3.63) is 39.1 Å². The molecule has 0 atom stereocenters. The van der Waals surface area contributed by atoms with Gasteiger partial charge in [0.05, 0.1) is 17.1 Å². The number of aryl methyl sites for hydroxylation is 2. The van der Waals surface area contributed by atoms with Gasteiger partial charge in [0.1, 0.15) is 5.69 Å². The van der Waals surface area contributed by atoms with Crippen LogP contribution in [0.15, 0.2) is 22.7 Å². The standard InChI is InChI=1S/C13H14BrClN4O/c1-3-9-11(16)12(19(2)18-9)13(20)17-10-5-4-7(15)6-8(10)14/h4-6H,3,16H2,1-2H3,(H,17,20). The van der Waals surface area contributed by atoms with Gasteiger partial charge in [0.25, 0.3) is 5.91 Å². The maximum atomic E-state index is 12.3. The van der Waals surface area contributed by atoms with Crippen molar-refractivity contribution in [1.82, 2.24) is 9.78 Å². The second-order valence-electron chi connectivity index (χ2n) is 4.26. The fourth-order valence-corrected chi connectivity index (χ4v) is 2.68. The predicted molar refractivity (Wildman–Crippen MR) is 84.1 cm³/mol. The van der Waals surface area contributed by atoms with Gasteiger partial charge in [-0.2, -0.15) is 5.10 Å². The first kappa shape index (κ1) is 14.9. The van der Waals surface area contributed by atoms with Crippen LogP contribution in [0.5, 0.6) is 0 Å². The summed E-state index contributed by atoms with van der Waals surface area (Å²) in [7, 11) is 1.70. The van der Waals surface area contributed by atoms with Crippen molar-refractivity contribution in [2.75, 3.05) is 11.1 Å². The SMILES string of the molecule is CCc1nn(C)c(C(=O)Nc2ccc(Cl)cc2Br)c1N. The van der Waals surface area contributed by atoms with Crippen LogP contribution in [0.1, 0.15) is 23.1 Å². The summed E-state index contributed by atoms with van der Waals surface area (Å²) in [6, 6.07) is 5.13. The molecule has 0 unspecified atom stereocenters. The predicted octanol–water partition coefficient (Wildman–Crippen LogP) is 3.23. The molecular formula is C13H14BrClN4O. The van der Waals surface area contributed by atoms with E-state index in [1.165, 1.54) is 4.68 Å². The van der Waals surface area contributed by atoms with Crippen LogP contribution in [0.2, 0.25) is 5.02 Å². The van der Waals surface area contributed by atoms with Gasteiger partial charge in [-0.3, -0.25) is 9.48 Å². The number of anilines is 2. The van der Waals surface area contributed by atoms with E-state index in [4.69, 9.17) is 17.3 Å². The Morgan fingerprint density at radius 3 is 2.80 bits per heavy atom. The van der Waals surface area contributed by atoms with Gasteiger partial charge in [0.15, 0.2) is 0 Å². The molecule has 2 aromatic rings. The zero-order valence-electron chi connectivity index (χ0n) is 11.1. The average Bonchev–Trinajstić information content (AvgIpc) is 2.67. The number of amides is 1. The lowest BCUT2D eigenvalue weighted by Gasteiger charge is -2.08. The fourth-order valence-electron chi connectivity index (χ4n) is 1.90. The van der Waals surface area contributed by atoms with Gasteiger partial charge >= 0.3 is 0 Å². The molecule has 1 aromatic heterocycles. The number of aromatic nitrogens is 2. The summed E-state index contributed by atoms with van der Waals surface area (Å²) in [5.74, 6) is -0.305. The summed E-state index contributed by atoms with van der Waals surface area (Å²) in [6.07, 6.45) is 0.678. The number of hydrogen-bond acceptors (Lipinski definition) is 3. The number of nitrogens with one attached hydrogen (secondary N) is 1. The molecule has 0 aliphatic heterocycles. The van der Waals surface area contributed by atoms with Crippen molar-refractivity contribution in [2.24, 2.45) is 7.05 Å². The third-order valence-corrected chi connectivity index (χ3v) is 3.78. The highest BCUT2D eigenvalue weighted by Gasteiger charge is 2.19. The molecule has 0 radical (unpaired) electrons. The zero-order valence-corrected chi connectivity index (χ0v) is 13.4. The van der Waals surface area contributed by atoms with E-state index in [1.54, 1.807) is 25.2 Å². The Balaban J connectivity index is 2.31. The molecule has 1 heterocycles. The lowest BCUT2D eigenvalue weighted by Crippen LogP contribution is -2.17. The smallest absolute Gasteiger partial charge is 0.276 e. The summed E-state index contributed by atoms with van der Waals surface area (Å²) in [5, 5.41) is 7.60. The van der Waals surface area contributed by atoms with Gasteiger partial charge in [0.2, 0.25) is 0 Å². The van der Waals surface area contributed by atoms with Crippen LogP contribution in [0.25, 0.3) is 0 Å². The number of nitrogens with two attached hydrogens (primary N) is 1. The summed E-state index contributed by atoms with van der Waals surface area (Å²) in [5.41, 5.74) is 8.06. The highest BCUT2D eigenvalue weighted by Crippen LogP contribution is 2.27. The Morgan fingerprint density at radius 2 is 2.25 bits per heavy atom. The molecule has 2 rings (SSSR count). The van der Waals surface area contributed by atoms with Crippen molar-refractivity contribution in [3.8, 4) is 0 Å². The summed E-state index contributed by atoms with van der Waals surface area (Å²) in [6.45, 7) is 1.94. The molecule has 0 aliphatic rings. The lowest BCUT2D eigenvalue weighted by atomic mass is 10.2. The average molecular weight is 358 g/mol. The van der Waals surface area contributed by atoms with Gasteiger partial charge in [-0.1, -0.05) is 18.5 Å². The molecule has 0 spiro atoms. The van der Waals surface area contributed by atoms with Gasteiger partial charge in [0, 0.05) is 16.5 Å². The van der Waals surface area contributed by atoms with E-state index in [-0.39, 0.29) is 5.91 Å². The molecule has 0 fully saturated rings. The maximum absolute atomic E-state index is 12.3. The molecule has 20 heavy (non-hydrogen) atoms. The Bertz CT molecular complexity index is 669. The number of halogens is 2.